The molecule has 1 aromatic carbocycles. The summed E-state index contributed by atoms with van der Waals surface area (Å²) < 4.78 is 1.49. The van der Waals surface area contributed by atoms with Crippen molar-refractivity contribution in [2.24, 2.45) is 0 Å². The molecule has 2 aromatic rings. The Labute approximate surface area is 93.7 Å². The quantitative estimate of drug-likeness (QED) is 0.763. The molecule has 0 fully saturated rings. The van der Waals surface area contributed by atoms with Crippen molar-refractivity contribution in [1.82, 2.24) is 9.78 Å². The number of hydrogen-bond acceptors (Lipinski definition) is 2. The first-order chi connectivity index (χ1) is 7.50. The number of nitrogen functional groups attached to an aromatic ring is 1. The van der Waals surface area contributed by atoms with E-state index in [1.807, 2.05) is 32.0 Å². The molecule has 0 amide bonds. The topological polar surface area (TPSA) is 63.8 Å². The second-order valence-corrected chi connectivity index (χ2v) is 4.08. The normalized spacial score (nSPS) is 10.7. The van der Waals surface area contributed by atoms with E-state index in [1.54, 1.807) is 6.92 Å². The predicted octanol–water partition coefficient (Wildman–Crippen LogP) is 1.67. The van der Waals surface area contributed by atoms with Crippen LogP contribution in [0, 0.1) is 20.8 Å². The number of aromatic amines is 1. The second-order valence-electron chi connectivity index (χ2n) is 4.08. The van der Waals surface area contributed by atoms with Crippen LogP contribution in [0.2, 0.25) is 0 Å². The van der Waals surface area contributed by atoms with E-state index in [1.165, 1.54) is 10.2 Å². The number of hydrogen-bond donors (Lipinski definition) is 2. The molecule has 0 radical (unpaired) electrons. The van der Waals surface area contributed by atoms with E-state index in [-0.39, 0.29) is 11.2 Å². The molecular formula is C12H15N3O. The third kappa shape index (κ3) is 1.52. The fourth-order valence-corrected chi connectivity index (χ4v) is 1.79. The van der Waals surface area contributed by atoms with Gasteiger partial charge < -0.3 is 5.73 Å². The Morgan fingerprint density at radius 3 is 2.44 bits per heavy atom. The molecule has 2 rings (SSSR count). The van der Waals surface area contributed by atoms with Gasteiger partial charge in [-0.2, -0.15) is 0 Å². The molecule has 0 atom stereocenters. The van der Waals surface area contributed by atoms with Crippen LogP contribution in [0.4, 0.5) is 5.69 Å². The Bertz CT molecular complexity index is 593. The number of aromatic nitrogens is 2. The molecule has 0 saturated carbocycles. The lowest BCUT2D eigenvalue weighted by atomic mass is 10.1. The van der Waals surface area contributed by atoms with Crippen molar-refractivity contribution in [1.29, 1.82) is 0 Å². The van der Waals surface area contributed by atoms with Crippen LogP contribution in [0.5, 0.6) is 0 Å². The number of nitrogens with two attached hydrogens (primary N) is 1. The molecular weight excluding hydrogens is 202 g/mol. The number of anilines is 1. The fraction of sp³-hybridized carbons (Fsp3) is 0.250. The van der Waals surface area contributed by atoms with Gasteiger partial charge in [0.2, 0.25) is 0 Å². The lowest BCUT2D eigenvalue weighted by Gasteiger charge is -2.06. The van der Waals surface area contributed by atoms with Crippen molar-refractivity contribution >= 4 is 5.69 Å². The van der Waals surface area contributed by atoms with E-state index in [0.29, 0.717) is 5.69 Å². The number of benzene rings is 1. The molecule has 4 nitrogen and oxygen atoms in total. The van der Waals surface area contributed by atoms with Crippen molar-refractivity contribution in [3.8, 4) is 5.69 Å². The molecule has 0 aliphatic carbocycles. The van der Waals surface area contributed by atoms with Gasteiger partial charge in [0.05, 0.1) is 11.4 Å². The number of rotatable bonds is 1. The maximum atomic E-state index is 11.8. The third-order valence-corrected chi connectivity index (χ3v) is 2.71. The highest BCUT2D eigenvalue weighted by Crippen LogP contribution is 2.14. The molecule has 0 aliphatic heterocycles. The van der Waals surface area contributed by atoms with Gasteiger partial charge in [0, 0.05) is 0 Å². The van der Waals surface area contributed by atoms with Gasteiger partial charge in [0.15, 0.2) is 0 Å². The SMILES string of the molecule is Cc1ccc(-n2[nH]c(C)c(N)c2=O)c(C)c1. The lowest BCUT2D eigenvalue weighted by molar-refractivity contribution is 0.828. The van der Waals surface area contributed by atoms with E-state index >= 15 is 0 Å². The van der Waals surface area contributed by atoms with Crippen LogP contribution in [0.25, 0.3) is 5.69 Å². The van der Waals surface area contributed by atoms with Gasteiger partial charge in [0.25, 0.3) is 5.56 Å². The van der Waals surface area contributed by atoms with E-state index in [4.69, 9.17) is 5.73 Å². The summed E-state index contributed by atoms with van der Waals surface area (Å²) in [6.45, 7) is 5.78. The number of nitrogens with one attached hydrogen (secondary N) is 1. The summed E-state index contributed by atoms with van der Waals surface area (Å²) in [7, 11) is 0. The molecule has 0 saturated heterocycles. The molecule has 3 N–H and O–H groups in total. The number of aryl methyl sites for hydroxylation is 3. The summed E-state index contributed by atoms with van der Waals surface area (Å²) in [6, 6.07) is 5.93. The van der Waals surface area contributed by atoms with Gasteiger partial charge in [-0.15, -0.1) is 0 Å². The van der Waals surface area contributed by atoms with Gasteiger partial charge in [0.1, 0.15) is 5.69 Å². The first-order valence-corrected chi connectivity index (χ1v) is 5.15. The monoisotopic (exact) mass is 217 g/mol. The molecule has 84 valence electrons. The molecule has 0 bridgehead atoms. The number of nitrogens with zero attached hydrogens (tertiary/aromatic N) is 1. The average Bonchev–Trinajstić information content (AvgIpc) is 2.46. The molecule has 1 heterocycles. The Morgan fingerprint density at radius 1 is 1.25 bits per heavy atom. The smallest absolute Gasteiger partial charge is 0.294 e. The molecule has 4 heteroatoms. The molecule has 0 spiro atoms. The highest BCUT2D eigenvalue weighted by molar-refractivity contribution is 5.47. The van der Waals surface area contributed by atoms with Gasteiger partial charge in [-0.05, 0) is 32.4 Å². The van der Waals surface area contributed by atoms with Gasteiger partial charge in [-0.25, -0.2) is 4.68 Å². The summed E-state index contributed by atoms with van der Waals surface area (Å²) in [5.41, 5.74) is 9.50. The highest BCUT2D eigenvalue weighted by Gasteiger charge is 2.10. The van der Waals surface area contributed by atoms with Crippen LogP contribution < -0.4 is 11.3 Å². The molecule has 1 aromatic heterocycles. The van der Waals surface area contributed by atoms with Crippen LogP contribution in [0.1, 0.15) is 16.8 Å². The fourth-order valence-electron chi connectivity index (χ4n) is 1.79. The van der Waals surface area contributed by atoms with Crippen LogP contribution in [-0.4, -0.2) is 9.78 Å². The van der Waals surface area contributed by atoms with E-state index in [2.05, 4.69) is 5.10 Å². The van der Waals surface area contributed by atoms with E-state index < -0.39 is 0 Å². The predicted molar refractivity (Wildman–Crippen MR) is 65.0 cm³/mol. The lowest BCUT2D eigenvalue weighted by Crippen LogP contribution is -2.17. The van der Waals surface area contributed by atoms with Crippen molar-refractivity contribution in [2.75, 3.05) is 5.73 Å². The Kier molecular flexibility index (Phi) is 2.34. The molecule has 0 unspecified atom stereocenters. The van der Waals surface area contributed by atoms with Crippen LogP contribution in [0.3, 0.4) is 0 Å². The standard InChI is InChI=1S/C12H15N3O/c1-7-4-5-10(8(2)6-7)15-12(16)11(13)9(3)14-15/h4-6,14H,13H2,1-3H3. The molecule has 0 aliphatic rings. The second kappa shape index (κ2) is 3.56. The van der Waals surface area contributed by atoms with Gasteiger partial charge in [-0.1, -0.05) is 17.7 Å². The first-order valence-electron chi connectivity index (χ1n) is 5.15. The maximum Gasteiger partial charge on any atom is 0.294 e. The van der Waals surface area contributed by atoms with Crippen molar-refractivity contribution in [2.45, 2.75) is 20.8 Å². The van der Waals surface area contributed by atoms with Gasteiger partial charge in [-0.3, -0.25) is 9.89 Å². The largest absolute Gasteiger partial charge is 0.393 e. The van der Waals surface area contributed by atoms with E-state index in [9.17, 15) is 4.79 Å². The minimum absolute atomic E-state index is 0.190. The zero-order chi connectivity index (χ0) is 11.9. The first kappa shape index (κ1) is 10.5. The zero-order valence-electron chi connectivity index (χ0n) is 9.66. The highest BCUT2D eigenvalue weighted by atomic mass is 16.1. The minimum Gasteiger partial charge on any atom is -0.393 e. The summed E-state index contributed by atoms with van der Waals surface area (Å²) >= 11 is 0. The summed E-state index contributed by atoms with van der Waals surface area (Å²) in [6.07, 6.45) is 0. The zero-order valence-corrected chi connectivity index (χ0v) is 9.66. The van der Waals surface area contributed by atoms with Crippen LogP contribution in [-0.2, 0) is 0 Å². The summed E-state index contributed by atoms with van der Waals surface area (Å²) in [5, 5.41) is 2.97. The van der Waals surface area contributed by atoms with Crippen LogP contribution in [0.15, 0.2) is 23.0 Å². The number of H-pyrrole nitrogens is 1. The Balaban J connectivity index is 2.68. The van der Waals surface area contributed by atoms with Crippen molar-refractivity contribution < 1.29 is 0 Å². The Hall–Kier alpha value is -1.97. The van der Waals surface area contributed by atoms with Crippen molar-refractivity contribution in [3.63, 3.8) is 0 Å². The van der Waals surface area contributed by atoms with Crippen molar-refractivity contribution in [3.05, 3.63) is 45.4 Å². The summed E-state index contributed by atoms with van der Waals surface area (Å²) in [5.74, 6) is 0. The van der Waals surface area contributed by atoms with Gasteiger partial charge >= 0.3 is 0 Å². The molecule has 16 heavy (non-hydrogen) atoms. The maximum absolute atomic E-state index is 11.8. The average molecular weight is 217 g/mol. The van der Waals surface area contributed by atoms with E-state index in [0.717, 1.165) is 11.3 Å². The minimum atomic E-state index is -0.190. The Morgan fingerprint density at radius 2 is 1.94 bits per heavy atom. The van der Waals surface area contributed by atoms with Crippen LogP contribution >= 0.6 is 0 Å². The third-order valence-electron chi connectivity index (χ3n) is 2.71. The summed E-state index contributed by atoms with van der Waals surface area (Å²) in [4.78, 5) is 11.8.